The maximum absolute atomic E-state index is 13.7. The number of hydrogen-bond donors (Lipinski definition) is 3. The Hall–Kier alpha value is -1.92. The summed E-state index contributed by atoms with van der Waals surface area (Å²) in [6.07, 6.45) is 0.379. The average Bonchev–Trinajstić information content (AvgIpc) is 2.67. The Morgan fingerprint density at radius 1 is 1.17 bits per heavy atom. The molecule has 0 aliphatic rings. The number of aliphatic imine (C=N–C) groups is 1. The second-order valence-electron chi connectivity index (χ2n) is 6.44. The molecule has 1 atom stereocenters. The fourth-order valence-electron chi connectivity index (χ4n) is 2.53. The summed E-state index contributed by atoms with van der Waals surface area (Å²) in [5.74, 6) is 0.426. The summed E-state index contributed by atoms with van der Waals surface area (Å²) in [6.45, 7) is 5.43. The molecule has 0 fully saturated rings. The number of nitrogens with two attached hydrogens (primary N) is 1. The quantitative estimate of drug-likeness (QED) is 0.253. The molecule has 0 heterocycles. The number of guanidine groups is 1. The fourth-order valence-corrected chi connectivity index (χ4v) is 3.04. The Labute approximate surface area is 194 Å². The molecule has 1 unspecified atom stereocenters. The molecule has 0 aliphatic heterocycles. The number of rotatable bonds is 9. The van der Waals surface area contributed by atoms with E-state index in [0.717, 1.165) is 5.56 Å². The predicted octanol–water partition coefficient (Wildman–Crippen LogP) is 2.66. The molecule has 0 saturated carbocycles. The molecule has 0 aromatic heterocycles. The van der Waals surface area contributed by atoms with Crippen LogP contribution in [0.15, 0.2) is 58.4 Å². The third-order valence-corrected chi connectivity index (χ3v) is 4.90. The van der Waals surface area contributed by atoms with Crippen molar-refractivity contribution in [3.63, 3.8) is 0 Å². The first-order chi connectivity index (χ1) is 13.8. The van der Waals surface area contributed by atoms with Gasteiger partial charge < -0.3 is 15.4 Å². The molecule has 2 aromatic rings. The van der Waals surface area contributed by atoms with Crippen LogP contribution in [0.5, 0.6) is 5.75 Å². The molecular formula is C20H28FIN4O3S. The predicted molar refractivity (Wildman–Crippen MR) is 127 cm³/mol. The van der Waals surface area contributed by atoms with Crippen molar-refractivity contribution in [1.29, 1.82) is 0 Å². The van der Waals surface area contributed by atoms with Gasteiger partial charge in [0.15, 0.2) is 17.5 Å². The number of nitrogens with zero attached hydrogens (tertiary/aromatic N) is 1. The van der Waals surface area contributed by atoms with Crippen LogP contribution in [0, 0.1) is 5.82 Å². The second-order valence-corrected chi connectivity index (χ2v) is 8.01. The lowest BCUT2D eigenvalue weighted by molar-refractivity contribution is 0.220. The number of hydrogen-bond acceptors (Lipinski definition) is 4. The molecule has 0 aliphatic carbocycles. The van der Waals surface area contributed by atoms with Crippen molar-refractivity contribution in [3.05, 3.63) is 59.9 Å². The van der Waals surface area contributed by atoms with Gasteiger partial charge in [-0.15, -0.1) is 24.0 Å². The second kappa shape index (κ2) is 12.7. The van der Waals surface area contributed by atoms with Crippen LogP contribution in [-0.4, -0.2) is 40.1 Å². The molecule has 0 spiro atoms. The SMILES string of the molecule is CCNC(=NCC(C)Oc1ccccc1F)NCCc1ccc(S(N)(=O)=O)cc1.I. The first kappa shape index (κ1) is 26.1. The lowest BCUT2D eigenvalue weighted by Crippen LogP contribution is -2.39. The number of para-hydroxylation sites is 1. The van der Waals surface area contributed by atoms with E-state index in [-0.39, 0.29) is 40.7 Å². The minimum absolute atomic E-state index is 0. The highest BCUT2D eigenvalue weighted by atomic mass is 127. The largest absolute Gasteiger partial charge is 0.486 e. The zero-order chi connectivity index (χ0) is 21.3. The lowest BCUT2D eigenvalue weighted by atomic mass is 10.1. The van der Waals surface area contributed by atoms with Gasteiger partial charge in [-0.05, 0) is 50.1 Å². The Morgan fingerprint density at radius 3 is 2.43 bits per heavy atom. The van der Waals surface area contributed by atoms with Gasteiger partial charge in [0.05, 0.1) is 11.4 Å². The van der Waals surface area contributed by atoms with Crippen LogP contribution in [0.1, 0.15) is 19.4 Å². The van der Waals surface area contributed by atoms with Gasteiger partial charge in [0.25, 0.3) is 0 Å². The fraction of sp³-hybridized carbons (Fsp3) is 0.350. The summed E-state index contributed by atoms with van der Waals surface area (Å²) in [5, 5.41) is 11.5. The molecule has 7 nitrogen and oxygen atoms in total. The number of primary sulfonamides is 1. The summed E-state index contributed by atoms with van der Waals surface area (Å²) < 4.78 is 41.8. The number of ether oxygens (including phenoxy) is 1. The number of benzene rings is 2. The average molecular weight is 550 g/mol. The maximum Gasteiger partial charge on any atom is 0.238 e. The van der Waals surface area contributed by atoms with E-state index in [1.165, 1.54) is 18.2 Å². The smallest absolute Gasteiger partial charge is 0.238 e. The molecule has 0 bridgehead atoms. The van der Waals surface area contributed by atoms with Crippen molar-refractivity contribution in [2.24, 2.45) is 10.1 Å². The van der Waals surface area contributed by atoms with Crippen molar-refractivity contribution in [1.82, 2.24) is 10.6 Å². The van der Waals surface area contributed by atoms with Crippen LogP contribution < -0.4 is 20.5 Å². The minimum Gasteiger partial charge on any atom is -0.486 e. The van der Waals surface area contributed by atoms with E-state index in [2.05, 4.69) is 15.6 Å². The van der Waals surface area contributed by atoms with Crippen molar-refractivity contribution in [3.8, 4) is 5.75 Å². The van der Waals surface area contributed by atoms with E-state index < -0.39 is 15.8 Å². The first-order valence-corrected chi connectivity index (χ1v) is 10.9. The number of halogens is 2. The van der Waals surface area contributed by atoms with Gasteiger partial charge in [0.2, 0.25) is 10.0 Å². The Bertz CT molecular complexity index is 924. The Balaban J connectivity index is 0.00000450. The summed E-state index contributed by atoms with van der Waals surface area (Å²) >= 11 is 0. The molecule has 2 aromatic carbocycles. The third-order valence-electron chi connectivity index (χ3n) is 3.97. The number of nitrogens with one attached hydrogen (secondary N) is 2. The summed E-state index contributed by atoms with van der Waals surface area (Å²) in [4.78, 5) is 4.56. The molecule has 0 saturated heterocycles. The van der Waals surface area contributed by atoms with Crippen LogP contribution in [0.25, 0.3) is 0 Å². The highest BCUT2D eigenvalue weighted by Crippen LogP contribution is 2.17. The summed E-state index contributed by atoms with van der Waals surface area (Å²) in [5.41, 5.74) is 0.969. The maximum atomic E-state index is 13.7. The van der Waals surface area contributed by atoms with E-state index in [1.54, 1.807) is 30.3 Å². The van der Waals surface area contributed by atoms with Gasteiger partial charge >= 0.3 is 0 Å². The zero-order valence-electron chi connectivity index (χ0n) is 17.0. The van der Waals surface area contributed by atoms with Gasteiger partial charge in [0.1, 0.15) is 6.10 Å². The highest BCUT2D eigenvalue weighted by molar-refractivity contribution is 14.0. The summed E-state index contributed by atoms with van der Waals surface area (Å²) in [6, 6.07) is 12.7. The number of sulfonamides is 1. The molecule has 10 heteroatoms. The first-order valence-electron chi connectivity index (χ1n) is 9.34. The van der Waals surface area contributed by atoms with Crippen molar-refractivity contribution < 1.29 is 17.5 Å². The lowest BCUT2D eigenvalue weighted by Gasteiger charge is -2.15. The van der Waals surface area contributed by atoms with E-state index in [9.17, 15) is 12.8 Å². The van der Waals surface area contributed by atoms with Gasteiger partial charge in [-0.1, -0.05) is 24.3 Å². The van der Waals surface area contributed by atoms with E-state index in [4.69, 9.17) is 9.88 Å². The molecule has 0 amide bonds. The molecule has 0 radical (unpaired) electrons. The van der Waals surface area contributed by atoms with Crippen LogP contribution in [0.4, 0.5) is 4.39 Å². The highest BCUT2D eigenvalue weighted by Gasteiger charge is 2.09. The Kier molecular flexibility index (Phi) is 11.1. The summed E-state index contributed by atoms with van der Waals surface area (Å²) in [7, 11) is -3.68. The van der Waals surface area contributed by atoms with Crippen LogP contribution >= 0.6 is 24.0 Å². The van der Waals surface area contributed by atoms with Crippen molar-refractivity contribution >= 4 is 40.0 Å². The third kappa shape index (κ3) is 8.84. The standard InChI is InChI=1S/C20H27FN4O3S.HI/c1-3-23-20(25-14-15(2)28-19-7-5-4-6-18(19)21)24-13-12-16-8-10-17(11-9-16)29(22,26)27;/h4-11,15H,3,12-14H2,1-2H3,(H2,22,26,27)(H2,23,24,25);1H. The van der Waals surface area contributed by atoms with Crippen molar-refractivity contribution in [2.45, 2.75) is 31.3 Å². The topological polar surface area (TPSA) is 106 Å². The molecule has 166 valence electrons. The van der Waals surface area contributed by atoms with E-state index >= 15 is 0 Å². The van der Waals surface area contributed by atoms with Crippen LogP contribution in [0.2, 0.25) is 0 Å². The van der Waals surface area contributed by atoms with E-state index in [1.807, 2.05) is 13.8 Å². The molecular weight excluding hydrogens is 522 g/mol. The normalized spacial score (nSPS) is 12.6. The Morgan fingerprint density at radius 2 is 1.83 bits per heavy atom. The molecule has 2 rings (SSSR count). The monoisotopic (exact) mass is 550 g/mol. The van der Waals surface area contributed by atoms with Gasteiger partial charge in [0, 0.05) is 13.1 Å². The van der Waals surface area contributed by atoms with Crippen molar-refractivity contribution in [2.75, 3.05) is 19.6 Å². The zero-order valence-corrected chi connectivity index (χ0v) is 20.1. The van der Waals surface area contributed by atoms with Gasteiger partial charge in [-0.2, -0.15) is 0 Å². The van der Waals surface area contributed by atoms with Crippen LogP contribution in [-0.2, 0) is 16.4 Å². The van der Waals surface area contributed by atoms with Crippen LogP contribution in [0.3, 0.4) is 0 Å². The molecule has 4 N–H and O–H groups in total. The van der Waals surface area contributed by atoms with Gasteiger partial charge in [-0.3, -0.25) is 0 Å². The van der Waals surface area contributed by atoms with E-state index in [0.29, 0.717) is 32.0 Å². The van der Waals surface area contributed by atoms with Gasteiger partial charge in [-0.25, -0.2) is 22.9 Å². The minimum atomic E-state index is -3.68. The molecule has 30 heavy (non-hydrogen) atoms.